The van der Waals surface area contributed by atoms with Crippen molar-refractivity contribution in [2.24, 2.45) is 5.10 Å². The number of hydrazone groups is 1. The summed E-state index contributed by atoms with van der Waals surface area (Å²) in [5, 5.41) is 4.04. The van der Waals surface area contributed by atoms with E-state index in [0.717, 1.165) is 24.1 Å². The Morgan fingerprint density at radius 3 is 2.81 bits per heavy atom. The number of carbonyl (C=O) groups is 1. The van der Waals surface area contributed by atoms with Gasteiger partial charge in [-0.1, -0.05) is 31.0 Å². The molecule has 0 spiro atoms. The smallest absolute Gasteiger partial charge is 0.267 e. The minimum atomic E-state index is -0.154. The molecule has 0 saturated heterocycles. The molecule has 0 aliphatic carbocycles. The number of rotatable bonds is 4. The fourth-order valence-electron chi connectivity index (χ4n) is 1.41. The average Bonchev–Trinajstić information content (AvgIpc) is 2.26. The maximum absolute atomic E-state index is 11.7. The van der Waals surface area contributed by atoms with E-state index in [1.165, 1.54) is 0 Å². The van der Waals surface area contributed by atoms with Crippen LogP contribution in [-0.2, 0) is 0 Å². The molecule has 3 nitrogen and oxygen atoms in total. The van der Waals surface area contributed by atoms with Crippen LogP contribution in [0, 0.1) is 6.92 Å². The van der Waals surface area contributed by atoms with E-state index >= 15 is 0 Å². The summed E-state index contributed by atoms with van der Waals surface area (Å²) in [6.07, 6.45) is 1.95. The second kappa shape index (κ2) is 6.05. The highest BCUT2D eigenvalue weighted by atomic mass is 16.2. The number of benzene rings is 1. The molecule has 0 aliphatic heterocycles. The lowest BCUT2D eigenvalue weighted by molar-refractivity contribution is 0.0954. The molecule has 0 aliphatic rings. The Morgan fingerprint density at radius 2 is 2.19 bits per heavy atom. The van der Waals surface area contributed by atoms with Crippen LogP contribution in [0.4, 0.5) is 0 Å². The second-order valence-electron chi connectivity index (χ2n) is 3.91. The van der Waals surface area contributed by atoms with Gasteiger partial charge in [0.25, 0.3) is 5.91 Å². The SMILES string of the molecule is CCCC(C)=NNC(=O)c1cccc(C)c1. The zero-order valence-corrected chi connectivity index (χ0v) is 10.1. The molecule has 1 amide bonds. The van der Waals surface area contributed by atoms with E-state index in [1.54, 1.807) is 6.07 Å². The lowest BCUT2D eigenvalue weighted by Gasteiger charge is -2.02. The maximum atomic E-state index is 11.7. The Morgan fingerprint density at radius 1 is 1.44 bits per heavy atom. The van der Waals surface area contributed by atoms with Crippen LogP contribution in [0.3, 0.4) is 0 Å². The minimum absolute atomic E-state index is 0.154. The Balaban J connectivity index is 2.63. The largest absolute Gasteiger partial charge is 0.271 e. The normalized spacial score (nSPS) is 11.3. The summed E-state index contributed by atoms with van der Waals surface area (Å²) >= 11 is 0. The summed E-state index contributed by atoms with van der Waals surface area (Å²) < 4.78 is 0. The van der Waals surface area contributed by atoms with Gasteiger partial charge in [0.15, 0.2) is 0 Å². The van der Waals surface area contributed by atoms with Gasteiger partial charge in [0.1, 0.15) is 0 Å². The number of nitrogens with zero attached hydrogens (tertiary/aromatic N) is 1. The molecule has 0 unspecified atom stereocenters. The van der Waals surface area contributed by atoms with Gasteiger partial charge in [-0.2, -0.15) is 5.10 Å². The van der Waals surface area contributed by atoms with E-state index in [2.05, 4.69) is 17.5 Å². The van der Waals surface area contributed by atoms with Crippen LogP contribution in [-0.4, -0.2) is 11.6 Å². The molecule has 0 aromatic heterocycles. The van der Waals surface area contributed by atoms with Crippen molar-refractivity contribution in [2.45, 2.75) is 33.6 Å². The molecule has 16 heavy (non-hydrogen) atoms. The lowest BCUT2D eigenvalue weighted by Crippen LogP contribution is -2.19. The van der Waals surface area contributed by atoms with Crippen molar-refractivity contribution < 1.29 is 4.79 Å². The number of nitrogens with one attached hydrogen (secondary N) is 1. The number of hydrogen-bond acceptors (Lipinski definition) is 2. The predicted octanol–water partition coefficient (Wildman–Crippen LogP) is 2.90. The van der Waals surface area contributed by atoms with Crippen molar-refractivity contribution in [3.63, 3.8) is 0 Å². The van der Waals surface area contributed by atoms with E-state index in [4.69, 9.17) is 0 Å². The molecule has 1 N–H and O–H groups in total. The molecule has 3 heteroatoms. The number of carbonyl (C=O) groups excluding carboxylic acids is 1. The minimum Gasteiger partial charge on any atom is -0.267 e. The van der Waals surface area contributed by atoms with Crippen molar-refractivity contribution in [1.29, 1.82) is 0 Å². The van der Waals surface area contributed by atoms with E-state index in [0.29, 0.717) is 5.56 Å². The molecule has 1 aromatic rings. The van der Waals surface area contributed by atoms with Crippen molar-refractivity contribution in [1.82, 2.24) is 5.43 Å². The first-order valence-electron chi connectivity index (χ1n) is 5.53. The fourth-order valence-corrected chi connectivity index (χ4v) is 1.41. The van der Waals surface area contributed by atoms with Crippen molar-refractivity contribution >= 4 is 11.6 Å². The number of amides is 1. The molecule has 1 rings (SSSR count). The van der Waals surface area contributed by atoms with Gasteiger partial charge >= 0.3 is 0 Å². The standard InChI is InChI=1S/C13H18N2O/c1-4-6-11(3)14-15-13(16)12-8-5-7-10(2)9-12/h5,7-9H,4,6H2,1-3H3,(H,15,16). The number of aryl methyl sites for hydroxylation is 1. The Labute approximate surface area is 96.6 Å². The number of hydrogen-bond donors (Lipinski definition) is 1. The van der Waals surface area contributed by atoms with Gasteiger partial charge in [-0.05, 0) is 32.4 Å². The van der Waals surface area contributed by atoms with Crippen LogP contribution >= 0.6 is 0 Å². The zero-order valence-electron chi connectivity index (χ0n) is 10.1. The molecule has 0 heterocycles. The van der Waals surface area contributed by atoms with Gasteiger partial charge in [0.2, 0.25) is 0 Å². The van der Waals surface area contributed by atoms with Gasteiger partial charge in [0, 0.05) is 11.3 Å². The highest BCUT2D eigenvalue weighted by Gasteiger charge is 2.03. The van der Waals surface area contributed by atoms with Crippen LogP contribution in [0.2, 0.25) is 0 Å². The summed E-state index contributed by atoms with van der Waals surface area (Å²) in [5.74, 6) is -0.154. The highest BCUT2D eigenvalue weighted by Crippen LogP contribution is 2.03. The maximum Gasteiger partial charge on any atom is 0.271 e. The Kier molecular flexibility index (Phi) is 4.70. The topological polar surface area (TPSA) is 41.5 Å². The fraction of sp³-hybridized carbons (Fsp3) is 0.385. The van der Waals surface area contributed by atoms with Crippen LogP contribution < -0.4 is 5.43 Å². The third kappa shape index (κ3) is 3.85. The summed E-state index contributed by atoms with van der Waals surface area (Å²) in [6, 6.07) is 7.46. The molecule has 0 atom stereocenters. The molecular weight excluding hydrogens is 200 g/mol. The van der Waals surface area contributed by atoms with Gasteiger partial charge in [-0.3, -0.25) is 4.79 Å². The highest BCUT2D eigenvalue weighted by molar-refractivity contribution is 5.95. The molecule has 0 radical (unpaired) electrons. The van der Waals surface area contributed by atoms with Crippen LogP contribution in [0.25, 0.3) is 0 Å². The molecule has 86 valence electrons. The average molecular weight is 218 g/mol. The molecule has 1 aromatic carbocycles. The predicted molar refractivity (Wildman–Crippen MR) is 66.7 cm³/mol. The van der Waals surface area contributed by atoms with E-state index in [1.807, 2.05) is 32.0 Å². The van der Waals surface area contributed by atoms with Gasteiger partial charge in [0.05, 0.1) is 0 Å². The summed E-state index contributed by atoms with van der Waals surface area (Å²) in [5.41, 5.74) is 5.23. The van der Waals surface area contributed by atoms with Gasteiger partial charge in [-0.25, -0.2) is 5.43 Å². The van der Waals surface area contributed by atoms with Crippen molar-refractivity contribution in [2.75, 3.05) is 0 Å². The molecule has 0 saturated carbocycles. The van der Waals surface area contributed by atoms with Crippen LogP contribution in [0.5, 0.6) is 0 Å². The lowest BCUT2D eigenvalue weighted by atomic mass is 10.1. The Hall–Kier alpha value is -1.64. The molecule has 0 fully saturated rings. The van der Waals surface area contributed by atoms with Gasteiger partial charge < -0.3 is 0 Å². The third-order valence-corrected chi connectivity index (χ3v) is 2.24. The summed E-state index contributed by atoms with van der Waals surface area (Å²) in [6.45, 7) is 5.96. The Bertz CT molecular complexity index is 397. The quantitative estimate of drug-likeness (QED) is 0.612. The first-order chi connectivity index (χ1) is 7.63. The van der Waals surface area contributed by atoms with E-state index < -0.39 is 0 Å². The van der Waals surface area contributed by atoms with Crippen LogP contribution in [0.1, 0.15) is 42.6 Å². The van der Waals surface area contributed by atoms with E-state index in [-0.39, 0.29) is 5.91 Å². The van der Waals surface area contributed by atoms with Crippen LogP contribution in [0.15, 0.2) is 29.4 Å². The third-order valence-electron chi connectivity index (χ3n) is 2.24. The van der Waals surface area contributed by atoms with Crippen molar-refractivity contribution in [3.8, 4) is 0 Å². The zero-order chi connectivity index (χ0) is 12.0. The first-order valence-corrected chi connectivity index (χ1v) is 5.53. The van der Waals surface area contributed by atoms with Crippen molar-refractivity contribution in [3.05, 3.63) is 35.4 Å². The van der Waals surface area contributed by atoms with E-state index in [9.17, 15) is 4.79 Å². The second-order valence-corrected chi connectivity index (χ2v) is 3.91. The molecular formula is C13H18N2O. The first kappa shape index (κ1) is 12.4. The monoisotopic (exact) mass is 218 g/mol. The molecule has 0 bridgehead atoms. The van der Waals surface area contributed by atoms with Gasteiger partial charge in [-0.15, -0.1) is 0 Å². The summed E-state index contributed by atoms with van der Waals surface area (Å²) in [7, 11) is 0. The summed E-state index contributed by atoms with van der Waals surface area (Å²) in [4.78, 5) is 11.7.